The predicted molar refractivity (Wildman–Crippen MR) is 105 cm³/mol. The number of carbonyl (C=O) groups is 1. The van der Waals surface area contributed by atoms with Crippen LogP contribution in [0.1, 0.15) is 98.7 Å². The van der Waals surface area contributed by atoms with Crippen molar-refractivity contribution in [2.75, 3.05) is 7.11 Å². The molecule has 4 heteroatoms. The molecule has 3 nitrogen and oxygen atoms in total. The van der Waals surface area contributed by atoms with E-state index in [9.17, 15) is 4.79 Å². The van der Waals surface area contributed by atoms with Crippen LogP contribution in [0.4, 0.5) is 0 Å². The van der Waals surface area contributed by atoms with Crippen LogP contribution in [0.3, 0.4) is 0 Å². The summed E-state index contributed by atoms with van der Waals surface area (Å²) in [5, 5.41) is 0. The zero-order valence-electron chi connectivity index (χ0n) is 18.4. The zero-order chi connectivity index (χ0) is 18.0. The molecule has 0 saturated heterocycles. The van der Waals surface area contributed by atoms with Gasteiger partial charge in [0.25, 0.3) is 0 Å². The molecule has 0 aliphatic heterocycles. The van der Waals surface area contributed by atoms with Gasteiger partial charge in [0, 0.05) is 6.04 Å². The third kappa shape index (κ3) is 17.3. The Hall–Kier alpha value is 0.170. The fourth-order valence-electron chi connectivity index (χ4n) is 3.00. The largest absolute Gasteiger partial charge is 1.00 e. The van der Waals surface area contributed by atoms with Crippen molar-refractivity contribution >= 4 is 5.97 Å². The third-order valence-corrected chi connectivity index (χ3v) is 4.67. The minimum atomic E-state index is -0.164. The minimum absolute atomic E-state index is 0. The van der Waals surface area contributed by atoms with Gasteiger partial charge in [0.2, 0.25) is 0 Å². The normalized spacial score (nSPS) is 13.4. The van der Waals surface area contributed by atoms with Crippen molar-refractivity contribution in [2.45, 2.75) is 103 Å². The third-order valence-electron chi connectivity index (χ3n) is 4.67. The molecule has 2 atom stereocenters. The van der Waals surface area contributed by atoms with Gasteiger partial charge >= 0.3 is 35.5 Å². The van der Waals surface area contributed by atoms with Crippen molar-refractivity contribution in [1.82, 2.24) is 0 Å². The van der Waals surface area contributed by atoms with Crippen LogP contribution in [0.5, 0.6) is 0 Å². The number of rotatable bonds is 16. The molecule has 0 spiro atoms. The summed E-state index contributed by atoms with van der Waals surface area (Å²) in [7, 11) is 1.44. The molecule has 0 aromatic rings. The van der Waals surface area contributed by atoms with Crippen molar-refractivity contribution in [3.63, 3.8) is 0 Å². The molecule has 25 heavy (non-hydrogen) atoms. The maximum Gasteiger partial charge on any atom is 1.00 e. The first-order chi connectivity index (χ1) is 11.6. The van der Waals surface area contributed by atoms with Gasteiger partial charge in [-0.2, -0.15) is 0 Å². The summed E-state index contributed by atoms with van der Waals surface area (Å²) in [6.07, 6.45) is 20.9. The predicted octanol–water partition coefficient (Wildman–Crippen LogP) is 2.89. The average Bonchev–Trinajstić information content (AvgIpc) is 2.57. The molecule has 0 fully saturated rings. The van der Waals surface area contributed by atoms with E-state index in [1.165, 1.54) is 77.7 Å². The van der Waals surface area contributed by atoms with Crippen LogP contribution < -0.4 is 35.3 Å². The number of hydrogen-bond donors (Lipinski definition) is 1. The smallest absolute Gasteiger partial charge is 1.00 e. The molecular formula is C21H42NNaO2. The van der Waals surface area contributed by atoms with Crippen molar-refractivity contribution in [3.8, 4) is 0 Å². The molecule has 2 unspecified atom stereocenters. The van der Waals surface area contributed by atoms with Crippen LogP contribution in [0.25, 0.3) is 0 Å². The molecule has 144 valence electrons. The summed E-state index contributed by atoms with van der Waals surface area (Å²) in [6.45, 7) is 4.15. The van der Waals surface area contributed by atoms with Gasteiger partial charge in [-0.25, -0.2) is 0 Å². The first-order valence-corrected chi connectivity index (χ1v) is 10.1. The SMILES string of the molecule is CCCCCCCC/C=C\CCCCCCC(C(=O)OC)C(C)N.[H-].[Na+]. The van der Waals surface area contributed by atoms with E-state index in [-0.39, 0.29) is 48.9 Å². The van der Waals surface area contributed by atoms with E-state index in [0.717, 1.165) is 12.8 Å². The van der Waals surface area contributed by atoms with E-state index in [1.54, 1.807) is 0 Å². The molecule has 0 aliphatic carbocycles. The second-order valence-electron chi connectivity index (χ2n) is 7.01. The van der Waals surface area contributed by atoms with Gasteiger partial charge < -0.3 is 11.9 Å². The molecule has 0 aromatic carbocycles. The maximum atomic E-state index is 11.6. The molecule has 0 amide bonds. The second kappa shape index (κ2) is 20.5. The number of unbranched alkanes of at least 4 members (excludes halogenated alkanes) is 10. The number of ether oxygens (including phenoxy) is 1. The molecule has 2 N–H and O–H groups in total. The number of esters is 1. The van der Waals surface area contributed by atoms with Gasteiger partial charge in [0.1, 0.15) is 0 Å². The fourth-order valence-corrected chi connectivity index (χ4v) is 3.00. The number of hydrogen-bond acceptors (Lipinski definition) is 3. The molecule has 0 aromatic heterocycles. The topological polar surface area (TPSA) is 52.3 Å². The van der Waals surface area contributed by atoms with Crippen LogP contribution >= 0.6 is 0 Å². The number of carbonyl (C=O) groups excluding carboxylic acids is 1. The molecule has 0 rings (SSSR count). The van der Waals surface area contributed by atoms with Gasteiger partial charge in [-0.1, -0.05) is 70.4 Å². The number of nitrogens with two attached hydrogens (primary N) is 1. The van der Waals surface area contributed by atoms with Crippen LogP contribution in [-0.2, 0) is 9.53 Å². The first kappa shape index (κ1) is 27.4. The van der Waals surface area contributed by atoms with E-state index in [4.69, 9.17) is 10.5 Å². The molecule has 0 aliphatic rings. The molecular weight excluding hydrogens is 321 g/mol. The van der Waals surface area contributed by atoms with Crippen molar-refractivity contribution in [2.24, 2.45) is 11.7 Å². The Kier molecular flexibility index (Phi) is 22.4. The Bertz CT molecular complexity index is 325. The van der Waals surface area contributed by atoms with E-state index >= 15 is 0 Å². The Morgan fingerprint density at radius 3 is 1.92 bits per heavy atom. The fraction of sp³-hybridized carbons (Fsp3) is 0.857. The summed E-state index contributed by atoms with van der Waals surface area (Å²) in [4.78, 5) is 11.6. The Morgan fingerprint density at radius 2 is 1.44 bits per heavy atom. The molecule has 0 radical (unpaired) electrons. The van der Waals surface area contributed by atoms with Crippen molar-refractivity contribution in [1.29, 1.82) is 0 Å². The first-order valence-electron chi connectivity index (χ1n) is 10.1. The second-order valence-corrected chi connectivity index (χ2v) is 7.01. The maximum absolute atomic E-state index is 11.6. The summed E-state index contributed by atoms with van der Waals surface area (Å²) >= 11 is 0. The summed E-state index contributed by atoms with van der Waals surface area (Å²) in [5.41, 5.74) is 5.86. The summed E-state index contributed by atoms with van der Waals surface area (Å²) in [5.74, 6) is -0.310. The quantitative estimate of drug-likeness (QED) is 0.199. The van der Waals surface area contributed by atoms with Gasteiger partial charge in [-0.15, -0.1) is 0 Å². The Morgan fingerprint density at radius 1 is 0.960 bits per heavy atom. The van der Waals surface area contributed by atoms with Crippen molar-refractivity contribution < 1.29 is 40.5 Å². The van der Waals surface area contributed by atoms with Gasteiger partial charge in [-0.3, -0.25) is 4.79 Å². The van der Waals surface area contributed by atoms with Crippen LogP contribution in [0, 0.1) is 5.92 Å². The number of methoxy groups -OCH3 is 1. The van der Waals surface area contributed by atoms with Gasteiger partial charge in [0.15, 0.2) is 0 Å². The van der Waals surface area contributed by atoms with E-state index in [2.05, 4.69) is 19.1 Å². The Labute approximate surface area is 180 Å². The standard InChI is InChI=1S/C21H41NO2.Na.H/c1-4-5-6-7-8-9-10-11-12-13-14-15-16-17-18-20(19(2)22)21(23)24-3;;/h11-12,19-20H,4-10,13-18,22H2,1-3H3;;/q;+1;-1/b12-11-;;. The summed E-state index contributed by atoms with van der Waals surface area (Å²) < 4.78 is 4.82. The molecule has 0 heterocycles. The Balaban J connectivity index is -0.00000264. The van der Waals surface area contributed by atoms with Gasteiger partial charge in [-0.05, 0) is 39.0 Å². The van der Waals surface area contributed by atoms with Crippen LogP contribution in [0.15, 0.2) is 12.2 Å². The van der Waals surface area contributed by atoms with Crippen LogP contribution in [-0.4, -0.2) is 19.1 Å². The molecule has 0 bridgehead atoms. The van der Waals surface area contributed by atoms with E-state index < -0.39 is 0 Å². The average molecular weight is 364 g/mol. The minimum Gasteiger partial charge on any atom is -1.00 e. The monoisotopic (exact) mass is 363 g/mol. The van der Waals surface area contributed by atoms with Gasteiger partial charge in [0.05, 0.1) is 13.0 Å². The van der Waals surface area contributed by atoms with Crippen molar-refractivity contribution in [3.05, 3.63) is 12.2 Å². The van der Waals surface area contributed by atoms with E-state index in [0.29, 0.717) is 0 Å². The number of allylic oxidation sites excluding steroid dienone is 2. The molecule has 0 saturated carbocycles. The zero-order valence-corrected chi connectivity index (χ0v) is 19.4. The summed E-state index contributed by atoms with van der Waals surface area (Å²) in [6, 6.07) is -0.123. The van der Waals surface area contributed by atoms with Crippen LogP contribution in [0.2, 0.25) is 0 Å². The van der Waals surface area contributed by atoms with E-state index in [1.807, 2.05) is 6.92 Å².